The summed E-state index contributed by atoms with van der Waals surface area (Å²) in [5.41, 5.74) is 5.89. The third-order valence-corrected chi connectivity index (χ3v) is 5.69. The number of carbonyl (C=O) groups excluding carboxylic acids is 1. The molecule has 1 aliphatic carbocycles. The molecule has 0 radical (unpaired) electrons. The highest BCUT2D eigenvalue weighted by Gasteiger charge is 2.44. The molecule has 2 aliphatic rings. The molecule has 0 spiro atoms. The Hall–Kier alpha value is -1.70. The van der Waals surface area contributed by atoms with Crippen LogP contribution in [0.2, 0.25) is 0 Å². The lowest BCUT2D eigenvalue weighted by atomic mass is 9.77. The SMILES string of the molecule is CO[C@@H]1C[C@H]2CN(C(=O)c3ncccc3OCCN)C[C@H]2C[C@H]1N(C)C. The first-order valence-corrected chi connectivity index (χ1v) is 9.31. The molecule has 26 heavy (non-hydrogen) atoms. The molecule has 2 N–H and O–H groups in total. The van der Waals surface area contributed by atoms with Crippen LogP contribution in [0.3, 0.4) is 0 Å². The maximum absolute atomic E-state index is 13.1. The standard InChI is InChI=1S/C19H30N4O3/c1-22(2)15-9-13-11-23(12-14(13)10-17(15)25-3)19(24)18-16(26-8-6-20)5-4-7-21-18/h4-5,7,13-15,17H,6,8-12,20H2,1-3H3/t13-,14+,15-,17-/m1/s1. The highest BCUT2D eigenvalue weighted by atomic mass is 16.5. The molecule has 144 valence electrons. The quantitative estimate of drug-likeness (QED) is 0.808. The number of aromatic nitrogens is 1. The van der Waals surface area contributed by atoms with E-state index in [-0.39, 0.29) is 12.0 Å². The van der Waals surface area contributed by atoms with Crippen LogP contribution in [0.4, 0.5) is 0 Å². The van der Waals surface area contributed by atoms with Gasteiger partial charge in [-0.25, -0.2) is 4.98 Å². The second-order valence-corrected chi connectivity index (χ2v) is 7.49. The summed E-state index contributed by atoms with van der Waals surface area (Å²) in [5, 5.41) is 0. The van der Waals surface area contributed by atoms with Crippen molar-refractivity contribution in [1.82, 2.24) is 14.8 Å². The van der Waals surface area contributed by atoms with Gasteiger partial charge < -0.3 is 25.0 Å². The zero-order valence-corrected chi connectivity index (χ0v) is 15.9. The average Bonchev–Trinajstić information content (AvgIpc) is 3.07. The van der Waals surface area contributed by atoms with Crippen molar-refractivity contribution in [2.24, 2.45) is 17.6 Å². The van der Waals surface area contributed by atoms with Gasteiger partial charge >= 0.3 is 0 Å². The molecule has 1 aliphatic heterocycles. The number of ether oxygens (including phenoxy) is 2. The fourth-order valence-electron chi connectivity index (χ4n) is 4.34. The summed E-state index contributed by atoms with van der Waals surface area (Å²) in [7, 11) is 5.99. The molecule has 2 heterocycles. The van der Waals surface area contributed by atoms with Crippen molar-refractivity contribution in [3.8, 4) is 5.75 Å². The zero-order chi connectivity index (χ0) is 18.7. The number of fused-ring (bicyclic) bond motifs is 1. The summed E-state index contributed by atoms with van der Waals surface area (Å²) in [6.07, 6.45) is 3.90. The van der Waals surface area contributed by atoms with Crippen molar-refractivity contribution < 1.29 is 14.3 Å². The summed E-state index contributed by atoms with van der Waals surface area (Å²) < 4.78 is 11.3. The van der Waals surface area contributed by atoms with Crippen LogP contribution in [-0.2, 0) is 4.74 Å². The second-order valence-electron chi connectivity index (χ2n) is 7.49. The van der Waals surface area contributed by atoms with Crippen LogP contribution in [0.25, 0.3) is 0 Å². The maximum atomic E-state index is 13.1. The molecule has 3 rings (SSSR count). The number of likely N-dealkylation sites (N-methyl/N-ethyl adjacent to an activating group) is 1. The van der Waals surface area contributed by atoms with Crippen LogP contribution in [0, 0.1) is 11.8 Å². The van der Waals surface area contributed by atoms with Crippen molar-refractivity contribution in [3.05, 3.63) is 24.0 Å². The number of methoxy groups -OCH3 is 1. The van der Waals surface area contributed by atoms with Crippen molar-refractivity contribution in [3.63, 3.8) is 0 Å². The summed E-state index contributed by atoms with van der Waals surface area (Å²) in [5.74, 6) is 1.45. The van der Waals surface area contributed by atoms with E-state index in [4.69, 9.17) is 15.2 Å². The van der Waals surface area contributed by atoms with Gasteiger partial charge in [0.2, 0.25) is 0 Å². The number of likely N-dealkylation sites (tertiary alicyclic amines) is 1. The number of amides is 1. The molecule has 0 aromatic carbocycles. The molecular weight excluding hydrogens is 332 g/mol. The van der Waals surface area contributed by atoms with E-state index in [1.807, 2.05) is 4.90 Å². The van der Waals surface area contributed by atoms with Gasteiger partial charge in [0.25, 0.3) is 5.91 Å². The smallest absolute Gasteiger partial charge is 0.276 e. The van der Waals surface area contributed by atoms with Gasteiger partial charge in [-0.2, -0.15) is 0 Å². The summed E-state index contributed by atoms with van der Waals surface area (Å²) in [6, 6.07) is 3.95. The van der Waals surface area contributed by atoms with Gasteiger partial charge in [-0.3, -0.25) is 4.79 Å². The Labute approximate surface area is 155 Å². The van der Waals surface area contributed by atoms with E-state index in [1.54, 1.807) is 25.4 Å². The number of hydrogen-bond donors (Lipinski definition) is 1. The molecule has 4 atom stereocenters. The van der Waals surface area contributed by atoms with Crippen molar-refractivity contribution in [1.29, 1.82) is 0 Å². The molecule has 2 fully saturated rings. The summed E-state index contributed by atoms with van der Waals surface area (Å²) in [4.78, 5) is 21.5. The fourth-order valence-corrected chi connectivity index (χ4v) is 4.34. The van der Waals surface area contributed by atoms with Crippen LogP contribution in [0.1, 0.15) is 23.3 Å². The van der Waals surface area contributed by atoms with E-state index < -0.39 is 0 Å². The molecular formula is C19H30N4O3. The minimum atomic E-state index is -0.0533. The minimum Gasteiger partial charge on any atom is -0.490 e. The Balaban J connectivity index is 1.72. The first-order chi connectivity index (χ1) is 12.5. The van der Waals surface area contributed by atoms with Crippen molar-refractivity contribution in [2.45, 2.75) is 25.0 Å². The molecule has 1 aromatic heterocycles. The van der Waals surface area contributed by atoms with Gasteiger partial charge in [-0.15, -0.1) is 0 Å². The van der Waals surface area contributed by atoms with Crippen molar-refractivity contribution >= 4 is 5.91 Å². The Morgan fingerprint density at radius 2 is 2.08 bits per heavy atom. The highest BCUT2D eigenvalue weighted by molar-refractivity contribution is 5.95. The van der Waals surface area contributed by atoms with Gasteiger partial charge in [0.05, 0.1) is 6.10 Å². The van der Waals surface area contributed by atoms with E-state index >= 15 is 0 Å². The van der Waals surface area contributed by atoms with E-state index in [1.165, 1.54) is 0 Å². The molecule has 0 unspecified atom stereocenters. The third kappa shape index (κ3) is 3.84. The first kappa shape index (κ1) is 19.1. The van der Waals surface area contributed by atoms with Crippen molar-refractivity contribution in [2.75, 3.05) is 47.4 Å². The Kier molecular flexibility index (Phi) is 6.11. The molecule has 1 amide bonds. The van der Waals surface area contributed by atoms with Crippen LogP contribution in [-0.4, -0.2) is 80.3 Å². The largest absolute Gasteiger partial charge is 0.490 e. The van der Waals surface area contributed by atoms with E-state index in [0.717, 1.165) is 25.9 Å². The van der Waals surface area contributed by atoms with Gasteiger partial charge in [0.1, 0.15) is 6.61 Å². The Morgan fingerprint density at radius 1 is 1.35 bits per heavy atom. The molecule has 7 heteroatoms. The van der Waals surface area contributed by atoms with E-state index in [0.29, 0.717) is 42.5 Å². The lowest BCUT2D eigenvalue weighted by molar-refractivity contribution is -0.0209. The molecule has 1 saturated heterocycles. The third-order valence-electron chi connectivity index (χ3n) is 5.69. The predicted molar refractivity (Wildman–Crippen MR) is 99.2 cm³/mol. The Morgan fingerprint density at radius 3 is 2.73 bits per heavy atom. The molecule has 1 saturated carbocycles. The van der Waals surface area contributed by atoms with Crippen LogP contribution in [0.5, 0.6) is 5.75 Å². The number of hydrogen-bond acceptors (Lipinski definition) is 6. The topological polar surface area (TPSA) is 80.9 Å². The van der Waals surface area contributed by atoms with E-state index in [9.17, 15) is 4.79 Å². The first-order valence-electron chi connectivity index (χ1n) is 9.31. The van der Waals surface area contributed by atoms with Gasteiger partial charge in [0, 0.05) is 39.0 Å². The number of nitrogens with zero attached hydrogens (tertiary/aromatic N) is 3. The molecule has 7 nitrogen and oxygen atoms in total. The average molecular weight is 362 g/mol. The number of nitrogens with two attached hydrogens (primary N) is 1. The lowest BCUT2D eigenvalue weighted by Crippen LogP contribution is -2.47. The number of pyridine rings is 1. The Bertz CT molecular complexity index is 625. The molecule has 0 bridgehead atoms. The van der Waals surface area contributed by atoms with Crippen LogP contribution >= 0.6 is 0 Å². The summed E-state index contributed by atoms with van der Waals surface area (Å²) in [6.45, 7) is 2.31. The fraction of sp³-hybridized carbons (Fsp3) is 0.684. The summed E-state index contributed by atoms with van der Waals surface area (Å²) >= 11 is 0. The number of carbonyl (C=O) groups is 1. The van der Waals surface area contributed by atoms with Gasteiger partial charge in [-0.05, 0) is 50.9 Å². The normalized spacial score (nSPS) is 28.3. The van der Waals surface area contributed by atoms with E-state index in [2.05, 4.69) is 24.0 Å². The maximum Gasteiger partial charge on any atom is 0.276 e. The zero-order valence-electron chi connectivity index (χ0n) is 15.9. The van der Waals surface area contributed by atoms with Crippen LogP contribution < -0.4 is 10.5 Å². The van der Waals surface area contributed by atoms with Crippen LogP contribution in [0.15, 0.2) is 18.3 Å². The van der Waals surface area contributed by atoms with Gasteiger partial charge in [0.15, 0.2) is 11.4 Å². The minimum absolute atomic E-state index is 0.0533. The molecule has 1 aromatic rings. The second kappa shape index (κ2) is 8.33. The van der Waals surface area contributed by atoms with Gasteiger partial charge in [-0.1, -0.05) is 0 Å². The lowest BCUT2D eigenvalue weighted by Gasteiger charge is -2.40. The predicted octanol–water partition coefficient (Wildman–Crippen LogP) is 0.846. The monoisotopic (exact) mass is 362 g/mol. The number of rotatable bonds is 6. The highest BCUT2D eigenvalue weighted by Crippen LogP contribution is 2.39.